The summed E-state index contributed by atoms with van der Waals surface area (Å²) in [4.78, 5) is 46.0. The molecular weight excluding hydrogens is 400 g/mol. The van der Waals surface area contributed by atoms with Crippen molar-refractivity contribution in [2.24, 2.45) is 0 Å². The van der Waals surface area contributed by atoms with Crippen molar-refractivity contribution >= 4 is 40.4 Å². The Labute approximate surface area is 178 Å². The molecule has 4 rings (SSSR count). The Kier molecular flexibility index (Phi) is 5.34. The van der Waals surface area contributed by atoms with Crippen LogP contribution < -0.4 is 0 Å². The maximum Gasteiger partial charge on any atom is 0.328 e. The van der Waals surface area contributed by atoms with Gasteiger partial charge in [0.2, 0.25) is 5.91 Å². The van der Waals surface area contributed by atoms with Crippen molar-refractivity contribution in [3.8, 4) is 0 Å². The van der Waals surface area contributed by atoms with E-state index < -0.39 is 6.04 Å². The lowest BCUT2D eigenvalue weighted by Crippen LogP contribution is -2.41. The molecule has 1 fully saturated rings. The summed E-state index contributed by atoms with van der Waals surface area (Å²) in [6, 6.07) is 10.2. The van der Waals surface area contributed by atoms with E-state index in [0.717, 1.165) is 5.56 Å². The van der Waals surface area contributed by atoms with E-state index in [2.05, 4.69) is 4.98 Å². The van der Waals surface area contributed by atoms with Gasteiger partial charge in [-0.2, -0.15) is 0 Å². The largest absolute Gasteiger partial charge is 0.330 e. The molecule has 1 aliphatic rings. The van der Waals surface area contributed by atoms with Crippen molar-refractivity contribution in [1.82, 2.24) is 19.4 Å². The Bertz CT molecular complexity index is 1130. The summed E-state index contributed by atoms with van der Waals surface area (Å²) in [5, 5.41) is 0.443. The second kappa shape index (κ2) is 7.95. The number of aromatic nitrogens is 2. The van der Waals surface area contributed by atoms with Gasteiger partial charge in [-0.3, -0.25) is 19.1 Å². The number of nitrogens with zero attached hydrogens (tertiary/aromatic N) is 4. The van der Waals surface area contributed by atoms with E-state index >= 15 is 0 Å². The molecule has 0 aliphatic carbocycles. The number of benzene rings is 1. The van der Waals surface area contributed by atoms with Crippen LogP contribution in [0.5, 0.6) is 0 Å². The lowest BCUT2D eigenvalue weighted by Gasteiger charge is -2.27. The molecule has 2 unspecified atom stereocenters. The maximum atomic E-state index is 13.6. The second-order valence-corrected chi connectivity index (χ2v) is 8.50. The minimum atomic E-state index is -0.605. The highest BCUT2D eigenvalue weighted by Crippen LogP contribution is 2.42. The molecule has 0 spiro atoms. The molecule has 2 atom stereocenters. The highest BCUT2D eigenvalue weighted by atomic mass is 32.2. The van der Waals surface area contributed by atoms with Crippen LogP contribution in [0, 0.1) is 0 Å². The van der Waals surface area contributed by atoms with Gasteiger partial charge in [-0.05, 0) is 12.1 Å². The van der Waals surface area contributed by atoms with E-state index in [1.165, 1.54) is 16.4 Å². The number of Topliss-reactive ketones (excluding diaryl/α,β-unsaturated/α-hetero) is 1. The summed E-state index contributed by atoms with van der Waals surface area (Å²) in [6.07, 6.45) is 5.00. The van der Waals surface area contributed by atoms with Gasteiger partial charge < -0.3 is 9.80 Å². The molecule has 2 amide bonds. The predicted octanol–water partition coefficient (Wildman–Crippen LogP) is 3.41. The van der Waals surface area contributed by atoms with Crippen LogP contribution in [0.15, 0.2) is 55.0 Å². The summed E-state index contributed by atoms with van der Waals surface area (Å²) in [5.41, 5.74) is 2.01. The number of para-hydroxylation sites is 1. The van der Waals surface area contributed by atoms with Crippen molar-refractivity contribution in [3.63, 3.8) is 0 Å². The van der Waals surface area contributed by atoms with Gasteiger partial charge in [0, 0.05) is 61.9 Å². The van der Waals surface area contributed by atoms with Crippen LogP contribution in [0.3, 0.4) is 0 Å². The van der Waals surface area contributed by atoms with Gasteiger partial charge in [0.05, 0.1) is 5.52 Å². The molecule has 1 aliphatic heterocycles. The number of amides is 2. The second-order valence-electron chi connectivity index (χ2n) is 7.39. The number of carbonyl (C=O) groups is 3. The number of hydrogen-bond acceptors (Lipinski definition) is 5. The van der Waals surface area contributed by atoms with Crippen LogP contribution in [-0.4, -0.2) is 63.0 Å². The average Bonchev–Trinajstić information content (AvgIpc) is 3.36. The Hall–Kier alpha value is -3.13. The van der Waals surface area contributed by atoms with Crippen molar-refractivity contribution in [1.29, 1.82) is 0 Å². The van der Waals surface area contributed by atoms with Gasteiger partial charge in [0.25, 0.3) is 0 Å². The normalized spacial score (nSPS) is 18.6. The minimum absolute atomic E-state index is 0.161. The van der Waals surface area contributed by atoms with Gasteiger partial charge in [-0.15, -0.1) is 11.8 Å². The van der Waals surface area contributed by atoms with E-state index in [1.54, 1.807) is 49.3 Å². The Morgan fingerprint density at radius 1 is 1.13 bits per heavy atom. The summed E-state index contributed by atoms with van der Waals surface area (Å²) in [7, 11) is 3.34. The van der Waals surface area contributed by atoms with Crippen LogP contribution in [-0.2, 0) is 4.79 Å². The van der Waals surface area contributed by atoms with E-state index in [0.29, 0.717) is 22.2 Å². The maximum absolute atomic E-state index is 13.6. The van der Waals surface area contributed by atoms with Crippen LogP contribution in [0.4, 0.5) is 4.79 Å². The number of hydrogen-bond donors (Lipinski definition) is 0. The van der Waals surface area contributed by atoms with Gasteiger partial charge in [0.1, 0.15) is 11.4 Å². The van der Waals surface area contributed by atoms with Crippen molar-refractivity contribution in [2.75, 3.05) is 19.8 Å². The Balaban J connectivity index is 1.75. The molecule has 154 valence electrons. The fourth-order valence-electron chi connectivity index (χ4n) is 3.80. The molecule has 30 heavy (non-hydrogen) atoms. The van der Waals surface area contributed by atoms with Crippen LogP contribution in [0.25, 0.3) is 10.9 Å². The van der Waals surface area contributed by atoms with E-state index in [-0.39, 0.29) is 23.1 Å². The highest BCUT2D eigenvalue weighted by Gasteiger charge is 2.42. The molecule has 0 radical (unpaired) electrons. The molecule has 1 aromatic carbocycles. The summed E-state index contributed by atoms with van der Waals surface area (Å²) in [6.45, 7) is 1.48. The first kappa shape index (κ1) is 20.2. The summed E-state index contributed by atoms with van der Waals surface area (Å²) >= 11 is 1.55. The molecule has 0 saturated carbocycles. The monoisotopic (exact) mass is 422 g/mol. The fourth-order valence-corrected chi connectivity index (χ4v) is 5.27. The first-order chi connectivity index (χ1) is 14.4. The first-order valence-electron chi connectivity index (χ1n) is 9.56. The Morgan fingerprint density at radius 2 is 1.90 bits per heavy atom. The lowest BCUT2D eigenvalue weighted by molar-refractivity contribution is -0.130. The minimum Gasteiger partial charge on any atom is -0.330 e. The molecular formula is C22H22N4O3S. The SMILES string of the molecule is CC(=O)N1C(C(=O)c2cn(C(=O)N(C)C)c3ccccc23)CSC1c1cccnc1. The molecule has 3 aromatic rings. The van der Waals surface area contributed by atoms with Gasteiger partial charge in [-0.1, -0.05) is 24.3 Å². The standard InChI is InChI=1S/C22H22N4O3S/c1-14(27)26-19(13-30-21(26)15-7-6-10-23-11-15)20(28)17-12-25(22(29)24(2)3)18-9-5-4-8-16(17)18/h4-12,19,21H,13H2,1-3H3. The number of ketones is 1. The summed E-state index contributed by atoms with van der Waals surface area (Å²) in [5.74, 6) is 0.157. The quantitative estimate of drug-likeness (QED) is 0.605. The number of thioether (sulfide) groups is 1. The van der Waals surface area contributed by atoms with E-state index in [4.69, 9.17) is 0 Å². The zero-order chi connectivity index (χ0) is 21.4. The molecule has 3 heterocycles. The summed E-state index contributed by atoms with van der Waals surface area (Å²) < 4.78 is 1.49. The molecule has 2 aromatic heterocycles. The molecule has 0 bridgehead atoms. The molecule has 0 N–H and O–H groups in total. The third-order valence-electron chi connectivity index (χ3n) is 5.20. The fraction of sp³-hybridized carbons (Fsp3) is 0.273. The van der Waals surface area contributed by atoms with Gasteiger partial charge in [0.15, 0.2) is 5.78 Å². The zero-order valence-electron chi connectivity index (χ0n) is 17.0. The molecule has 7 nitrogen and oxygen atoms in total. The molecule has 8 heteroatoms. The van der Waals surface area contributed by atoms with E-state index in [9.17, 15) is 14.4 Å². The van der Waals surface area contributed by atoms with E-state index in [1.807, 2.05) is 36.4 Å². The van der Waals surface area contributed by atoms with Gasteiger partial charge >= 0.3 is 6.03 Å². The number of pyridine rings is 1. The van der Waals surface area contributed by atoms with Crippen LogP contribution in [0.1, 0.15) is 28.2 Å². The first-order valence-corrected chi connectivity index (χ1v) is 10.6. The smallest absolute Gasteiger partial charge is 0.328 e. The average molecular weight is 423 g/mol. The van der Waals surface area contributed by atoms with Crippen molar-refractivity contribution in [2.45, 2.75) is 18.3 Å². The third-order valence-corrected chi connectivity index (χ3v) is 6.53. The van der Waals surface area contributed by atoms with Crippen molar-refractivity contribution in [3.05, 3.63) is 66.1 Å². The zero-order valence-corrected chi connectivity index (χ0v) is 17.8. The number of rotatable bonds is 3. The number of carbonyl (C=O) groups excluding carboxylic acids is 3. The van der Waals surface area contributed by atoms with Crippen molar-refractivity contribution < 1.29 is 14.4 Å². The van der Waals surface area contributed by atoms with Crippen LogP contribution in [0.2, 0.25) is 0 Å². The highest BCUT2D eigenvalue weighted by molar-refractivity contribution is 7.99. The van der Waals surface area contributed by atoms with Crippen LogP contribution >= 0.6 is 11.8 Å². The number of fused-ring (bicyclic) bond motifs is 1. The Morgan fingerprint density at radius 3 is 2.57 bits per heavy atom. The van der Waals surface area contributed by atoms with Gasteiger partial charge in [-0.25, -0.2) is 4.79 Å². The predicted molar refractivity (Wildman–Crippen MR) is 116 cm³/mol. The lowest BCUT2D eigenvalue weighted by atomic mass is 10.0. The topological polar surface area (TPSA) is 75.5 Å². The third kappa shape index (κ3) is 3.37. The molecule has 1 saturated heterocycles.